The van der Waals surface area contributed by atoms with Crippen LogP contribution in [0, 0.1) is 17.0 Å². The van der Waals surface area contributed by atoms with E-state index in [1.165, 1.54) is 10.6 Å². The Morgan fingerprint density at radius 1 is 1.23 bits per heavy atom. The Balaban J connectivity index is 2.39. The Bertz CT molecular complexity index is 832. The fourth-order valence-corrected chi connectivity index (χ4v) is 2.67. The third kappa shape index (κ3) is 4.70. The van der Waals surface area contributed by atoms with Crippen LogP contribution in [0.4, 0.5) is 11.4 Å². The molecule has 1 aromatic heterocycles. The van der Waals surface area contributed by atoms with Crippen molar-refractivity contribution in [2.75, 3.05) is 11.9 Å². The van der Waals surface area contributed by atoms with Crippen LogP contribution in [0.3, 0.4) is 0 Å². The van der Waals surface area contributed by atoms with Crippen LogP contribution < -0.4 is 10.9 Å². The molecule has 7 nitrogen and oxygen atoms in total. The molecule has 1 heterocycles. The largest absolute Gasteiger partial charge is 0.377 e. The quantitative estimate of drug-likeness (QED) is 0.604. The second-order valence-electron chi connectivity index (χ2n) is 6.74. The summed E-state index contributed by atoms with van der Waals surface area (Å²) in [6, 6.07) is 6.61. The molecule has 0 aliphatic heterocycles. The number of hydrogen-bond donors (Lipinski definition) is 1. The highest BCUT2D eigenvalue weighted by atomic mass is 16.6. The minimum Gasteiger partial charge on any atom is -0.377 e. The molecule has 1 atom stereocenters. The zero-order chi connectivity index (χ0) is 19.4. The molecule has 0 saturated heterocycles. The Morgan fingerprint density at radius 2 is 1.92 bits per heavy atom. The van der Waals surface area contributed by atoms with Crippen LogP contribution in [0.25, 0.3) is 11.1 Å². The maximum absolute atomic E-state index is 11.9. The lowest BCUT2D eigenvalue weighted by Crippen LogP contribution is -2.24. The van der Waals surface area contributed by atoms with E-state index in [0.717, 1.165) is 11.1 Å². The van der Waals surface area contributed by atoms with Crippen molar-refractivity contribution >= 4 is 11.4 Å². The lowest BCUT2D eigenvalue weighted by molar-refractivity contribution is -0.384. The zero-order valence-electron chi connectivity index (χ0n) is 15.8. The smallest absolute Gasteiger partial charge is 0.292 e. The van der Waals surface area contributed by atoms with E-state index in [2.05, 4.69) is 5.32 Å². The van der Waals surface area contributed by atoms with Crippen molar-refractivity contribution in [2.45, 2.75) is 39.8 Å². The van der Waals surface area contributed by atoms with Gasteiger partial charge in [0.1, 0.15) is 5.69 Å². The van der Waals surface area contributed by atoms with Crippen LogP contribution in [0.1, 0.15) is 26.3 Å². The molecule has 1 N–H and O–H groups in total. The number of anilines is 1. The molecule has 2 rings (SSSR count). The van der Waals surface area contributed by atoms with Gasteiger partial charge in [0.05, 0.1) is 17.6 Å². The van der Waals surface area contributed by atoms with Crippen LogP contribution in [0.2, 0.25) is 0 Å². The fraction of sp³-hybridized carbons (Fsp3) is 0.421. The Morgan fingerprint density at radius 3 is 2.50 bits per heavy atom. The fourth-order valence-electron chi connectivity index (χ4n) is 2.67. The van der Waals surface area contributed by atoms with Gasteiger partial charge in [-0.05, 0) is 57.0 Å². The molecular formula is C19H25N3O4. The van der Waals surface area contributed by atoms with Gasteiger partial charge >= 0.3 is 0 Å². The molecule has 2 aromatic rings. The van der Waals surface area contributed by atoms with E-state index in [1.807, 2.05) is 20.8 Å². The minimum atomic E-state index is -0.409. The number of rotatable bonds is 7. The first-order valence-corrected chi connectivity index (χ1v) is 8.53. The number of nitrogens with zero attached hydrogens (tertiary/aromatic N) is 2. The van der Waals surface area contributed by atoms with Crippen molar-refractivity contribution in [2.24, 2.45) is 7.05 Å². The molecule has 140 valence electrons. The molecule has 7 heteroatoms. The third-order valence-corrected chi connectivity index (χ3v) is 3.97. The van der Waals surface area contributed by atoms with Gasteiger partial charge in [-0.1, -0.05) is 0 Å². The predicted molar refractivity (Wildman–Crippen MR) is 103 cm³/mol. The molecule has 0 aliphatic rings. The SMILES string of the molecule is Cc1cc(-c2ccc([N+](=O)[O-])c(N[C@H](C)COC(C)C)c2)cn(C)c1=O. The maximum Gasteiger partial charge on any atom is 0.292 e. The Hall–Kier alpha value is -2.67. The van der Waals surface area contributed by atoms with E-state index < -0.39 is 4.92 Å². The predicted octanol–water partition coefficient (Wildman–Crippen LogP) is 3.49. The summed E-state index contributed by atoms with van der Waals surface area (Å²) < 4.78 is 7.08. The minimum absolute atomic E-state index is 0.00619. The molecule has 0 amide bonds. The summed E-state index contributed by atoms with van der Waals surface area (Å²) in [6.45, 7) is 7.99. The van der Waals surface area contributed by atoms with Crippen LogP contribution in [0.5, 0.6) is 0 Å². The van der Waals surface area contributed by atoms with Crippen molar-refractivity contribution < 1.29 is 9.66 Å². The highest BCUT2D eigenvalue weighted by molar-refractivity contribution is 5.74. The average molecular weight is 359 g/mol. The third-order valence-electron chi connectivity index (χ3n) is 3.97. The summed E-state index contributed by atoms with van der Waals surface area (Å²) in [5.74, 6) is 0. The molecular weight excluding hydrogens is 334 g/mol. The van der Waals surface area contributed by atoms with Crippen molar-refractivity contribution in [3.05, 3.63) is 56.5 Å². The molecule has 1 aromatic carbocycles. The lowest BCUT2D eigenvalue weighted by atomic mass is 10.0. The molecule has 0 bridgehead atoms. The first kappa shape index (κ1) is 19.7. The average Bonchev–Trinajstić information content (AvgIpc) is 2.57. The summed E-state index contributed by atoms with van der Waals surface area (Å²) in [4.78, 5) is 22.8. The van der Waals surface area contributed by atoms with Crippen molar-refractivity contribution in [1.82, 2.24) is 4.57 Å². The number of pyridine rings is 1. The van der Waals surface area contributed by atoms with Crippen LogP contribution in [-0.4, -0.2) is 28.2 Å². The molecule has 0 radical (unpaired) electrons. The number of nitrogens with one attached hydrogen (secondary N) is 1. The number of ether oxygens (including phenoxy) is 1. The molecule has 26 heavy (non-hydrogen) atoms. The first-order chi connectivity index (χ1) is 12.2. The van der Waals surface area contributed by atoms with Crippen LogP contribution in [-0.2, 0) is 11.8 Å². The van der Waals surface area contributed by atoms with Gasteiger partial charge in [-0.15, -0.1) is 0 Å². The highest BCUT2D eigenvalue weighted by Gasteiger charge is 2.17. The van der Waals surface area contributed by atoms with E-state index in [1.54, 1.807) is 38.4 Å². The number of nitro groups is 1. The van der Waals surface area contributed by atoms with Gasteiger partial charge in [0.2, 0.25) is 0 Å². The van der Waals surface area contributed by atoms with Gasteiger partial charge < -0.3 is 14.6 Å². The maximum atomic E-state index is 11.9. The summed E-state index contributed by atoms with van der Waals surface area (Å²) in [7, 11) is 1.69. The summed E-state index contributed by atoms with van der Waals surface area (Å²) >= 11 is 0. The van der Waals surface area contributed by atoms with Crippen LogP contribution in [0.15, 0.2) is 35.3 Å². The molecule has 0 spiro atoms. The summed E-state index contributed by atoms with van der Waals surface area (Å²) in [6.07, 6.45) is 1.82. The van der Waals surface area contributed by atoms with Gasteiger partial charge in [-0.3, -0.25) is 14.9 Å². The van der Waals surface area contributed by atoms with Crippen LogP contribution >= 0.6 is 0 Å². The molecule has 0 aliphatic carbocycles. The zero-order valence-corrected chi connectivity index (χ0v) is 15.8. The number of nitro benzene ring substituents is 1. The van der Waals surface area contributed by atoms with Gasteiger partial charge in [-0.2, -0.15) is 0 Å². The second kappa shape index (κ2) is 8.14. The van der Waals surface area contributed by atoms with Gasteiger partial charge in [0.15, 0.2) is 0 Å². The van der Waals surface area contributed by atoms with Gasteiger partial charge in [0, 0.05) is 30.9 Å². The molecule has 0 unspecified atom stereocenters. The second-order valence-corrected chi connectivity index (χ2v) is 6.74. The highest BCUT2D eigenvalue weighted by Crippen LogP contribution is 2.31. The van der Waals surface area contributed by atoms with Gasteiger partial charge in [0.25, 0.3) is 11.2 Å². The normalized spacial score (nSPS) is 12.2. The van der Waals surface area contributed by atoms with Crippen molar-refractivity contribution in [3.63, 3.8) is 0 Å². The number of aryl methyl sites for hydroxylation is 2. The van der Waals surface area contributed by atoms with E-state index >= 15 is 0 Å². The summed E-state index contributed by atoms with van der Waals surface area (Å²) in [5, 5.41) is 14.5. The molecule has 0 saturated carbocycles. The van der Waals surface area contributed by atoms with E-state index in [9.17, 15) is 14.9 Å². The first-order valence-electron chi connectivity index (χ1n) is 8.53. The van der Waals surface area contributed by atoms with Crippen molar-refractivity contribution in [3.8, 4) is 11.1 Å². The Labute approximate surface area is 152 Å². The van der Waals surface area contributed by atoms with E-state index in [0.29, 0.717) is 17.9 Å². The number of aromatic nitrogens is 1. The molecule has 0 fully saturated rings. The number of hydrogen-bond acceptors (Lipinski definition) is 5. The summed E-state index contributed by atoms with van der Waals surface area (Å²) in [5.41, 5.74) is 2.62. The monoisotopic (exact) mass is 359 g/mol. The standard InChI is InChI=1S/C19H25N3O4/c1-12(2)26-11-14(4)20-17-9-15(6-7-18(17)22(24)25)16-8-13(3)19(23)21(5)10-16/h6-10,12,14,20H,11H2,1-5H3/t14-/m1/s1. The lowest BCUT2D eigenvalue weighted by Gasteiger charge is -2.18. The van der Waals surface area contributed by atoms with E-state index in [4.69, 9.17) is 4.74 Å². The number of benzene rings is 1. The van der Waals surface area contributed by atoms with E-state index in [-0.39, 0.29) is 23.4 Å². The van der Waals surface area contributed by atoms with Gasteiger partial charge in [-0.25, -0.2) is 0 Å². The topological polar surface area (TPSA) is 86.4 Å². The van der Waals surface area contributed by atoms with Crippen molar-refractivity contribution in [1.29, 1.82) is 0 Å². The Kier molecular flexibility index (Phi) is 6.15.